The largest absolute Gasteiger partial charge is 1.00 e. The third-order valence-corrected chi connectivity index (χ3v) is 5.32. The molecule has 0 atom stereocenters. The Morgan fingerprint density at radius 3 is 2.00 bits per heavy atom. The quantitative estimate of drug-likeness (QED) is 0.244. The Morgan fingerprint density at radius 1 is 0.862 bits per heavy atom. The Bertz CT molecular complexity index is 1280. The molecule has 140 valence electrons. The fraction of sp³-hybridized carbons (Fsp3) is 0. The second kappa shape index (κ2) is 9.96. The summed E-state index contributed by atoms with van der Waals surface area (Å²) in [5, 5.41) is 20.7. The van der Waals surface area contributed by atoms with Crippen LogP contribution in [0.25, 0.3) is 10.8 Å². The van der Waals surface area contributed by atoms with Crippen molar-refractivity contribution in [3.05, 3.63) is 54.6 Å². The van der Waals surface area contributed by atoms with Crippen LogP contribution in [-0.4, -0.2) is 25.9 Å². The van der Waals surface area contributed by atoms with E-state index in [2.05, 4.69) is 10.2 Å². The average Bonchev–Trinajstić information content (AvgIpc) is 2.59. The minimum atomic E-state index is -4.77. The van der Waals surface area contributed by atoms with Crippen LogP contribution in [0, 0.1) is 0 Å². The number of hydrogen-bond donors (Lipinski definition) is 1. The fourth-order valence-electron chi connectivity index (χ4n) is 2.36. The van der Waals surface area contributed by atoms with E-state index in [1.165, 1.54) is 24.3 Å². The van der Waals surface area contributed by atoms with Gasteiger partial charge in [-0.05, 0) is 35.7 Å². The Hall–Kier alpha value is -0.860. The molecule has 0 spiro atoms. The molecule has 9 nitrogen and oxygen atoms in total. The Balaban J connectivity index is 0.00000210. The molecule has 0 aliphatic heterocycles. The van der Waals surface area contributed by atoms with Crippen molar-refractivity contribution < 1.29 is 90.2 Å². The molecule has 0 radical (unpaired) electrons. The van der Waals surface area contributed by atoms with E-state index in [9.17, 15) is 31.0 Å². The first-order chi connectivity index (χ1) is 12.6. The number of rotatable bonds is 4. The smallest absolute Gasteiger partial charge is 0.870 e. The summed E-state index contributed by atoms with van der Waals surface area (Å²) in [7, 11) is -9.38. The molecule has 0 bridgehead atoms. The first-order valence-electron chi connectivity index (χ1n) is 7.25. The first kappa shape index (κ1) is 26.2. The van der Waals surface area contributed by atoms with E-state index in [-0.39, 0.29) is 70.5 Å². The van der Waals surface area contributed by atoms with E-state index in [1.807, 2.05) is 0 Å². The molecule has 3 aromatic rings. The molecule has 0 saturated heterocycles. The van der Waals surface area contributed by atoms with Crippen LogP contribution in [0.15, 0.2) is 74.6 Å². The molecule has 29 heavy (non-hydrogen) atoms. The molecule has 3 aromatic carbocycles. The number of hydrogen-bond acceptors (Lipinski definition) is 8. The van der Waals surface area contributed by atoms with Crippen LogP contribution in [0.1, 0.15) is 0 Å². The van der Waals surface area contributed by atoms with Crippen molar-refractivity contribution in [1.82, 2.24) is 0 Å². The van der Waals surface area contributed by atoms with E-state index in [0.717, 1.165) is 18.2 Å². The average molecular weight is 452 g/mol. The summed E-state index contributed by atoms with van der Waals surface area (Å²) < 4.78 is 64.9. The van der Waals surface area contributed by atoms with Crippen molar-refractivity contribution in [2.75, 3.05) is 0 Å². The van der Waals surface area contributed by atoms with E-state index >= 15 is 0 Å². The molecular weight excluding hydrogens is 442 g/mol. The van der Waals surface area contributed by atoms with Crippen LogP contribution in [0.2, 0.25) is 0 Å². The number of azo groups is 1. The van der Waals surface area contributed by atoms with Gasteiger partial charge in [-0.2, -0.15) is 18.6 Å². The Labute approximate surface area is 210 Å². The SMILES string of the molecule is O=S(=O)([O-])c1ccc(N=Nc2c([O-])c(S(=O)(=O)O)cc3ccccc23)cc1.[Na+].[Na+]. The summed E-state index contributed by atoms with van der Waals surface area (Å²) in [4.78, 5) is -1.28. The van der Waals surface area contributed by atoms with E-state index < -0.39 is 35.8 Å². The Morgan fingerprint density at radius 2 is 1.45 bits per heavy atom. The predicted octanol–water partition coefficient (Wildman–Crippen LogP) is -3.51. The molecule has 3 rings (SSSR count). The topological polar surface area (TPSA) is 159 Å². The summed E-state index contributed by atoms with van der Waals surface area (Å²) >= 11 is 0. The van der Waals surface area contributed by atoms with Gasteiger partial charge < -0.3 is 9.66 Å². The van der Waals surface area contributed by atoms with Gasteiger partial charge in [0.1, 0.15) is 10.1 Å². The van der Waals surface area contributed by atoms with Crippen LogP contribution in [0.5, 0.6) is 5.75 Å². The molecule has 0 fully saturated rings. The zero-order valence-corrected chi connectivity index (χ0v) is 20.9. The fourth-order valence-corrected chi connectivity index (χ4v) is 3.44. The molecule has 13 heteroatoms. The minimum absolute atomic E-state index is 0. The minimum Gasteiger partial charge on any atom is -0.870 e. The van der Waals surface area contributed by atoms with Crippen LogP contribution < -0.4 is 64.2 Å². The number of benzene rings is 3. The third-order valence-electron chi connectivity index (χ3n) is 3.61. The third kappa shape index (κ3) is 6.07. The number of nitrogens with zero attached hydrogens (tertiary/aromatic N) is 2. The maximum atomic E-state index is 12.4. The van der Waals surface area contributed by atoms with E-state index in [1.54, 1.807) is 12.1 Å². The maximum absolute atomic E-state index is 12.4. The molecule has 0 heterocycles. The van der Waals surface area contributed by atoms with Gasteiger partial charge in [0.15, 0.2) is 0 Å². The number of fused-ring (bicyclic) bond motifs is 1. The second-order valence-electron chi connectivity index (χ2n) is 5.40. The van der Waals surface area contributed by atoms with Gasteiger partial charge in [-0.25, -0.2) is 8.42 Å². The molecule has 0 aliphatic carbocycles. The molecule has 1 N–H and O–H groups in total. The monoisotopic (exact) mass is 452 g/mol. The van der Waals surface area contributed by atoms with Gasteiger partial charge in [0, 0.05) is 5.39 Å². The summed E-state index contributed by atoms with van der Waals surface area (Å²) in [6.07, 6.45) is 0. The van der Waals surface area contributed by atoms with Crippen molar-refractivity contribution in [1.29, 1.82) is 0 Å². The standard InChI is InChI=1S/C16H12N2O7S2.2Na/c19-16-14(27(23,24)25)9-10-3-1-2-4-13(10)15(16)18-17-11-5-7-12(8-6-11)26(20,21)22;;/h1-9,19H,(H,20,21,22)(H,23,24,25);;/q;2*+1/p-2. The van der Waals surface area contributed by atoms with Gasteiger partial charge >= 0.3 is 59.1 Å². The van der Waals surface area contributed by atoms with Crippen LogP contribution in [0.3, 0.4) is 0 Å². The van der Waals surface area contributed by atoms with Gasteiger partial charge in [0.05, 0.1) is 21.2 Å². The van der Waals surface area contributed by atoms with Gasteiger partial charge in [-0.3, -0.25) is 4.55 Å². The first-order valence-corrected chi connectivity index (χ1v) is 10.1. The van der Waals surface area contributed by atoms with E-state index in [4.69, 9.17) is 0 Å². The molecule has 0 aliphatic rings. The van der Waals surface area contributed by atoms with Crippen LogP contribution in [-0.2, 0) is 20.2 Å². The summed E-state index contributed by atoms with van der Waals surface area (Å²) in [5.74, 6) is -1.03. The van der Waals surface area contributed by atoms with E-state index in [0.29, 0.717) is 10.8 Å². The molecule has 0 amide bonds. The maximum Gasteiger partial charge on any atom is 1.00 e. The van der Waals surface area contributed by atoms with Crippen molar-refractivity contribution in [2.24, 2.45) is 10.2 Å². The van der Waals surface area contributed by atoms with Crippen molar-refractivity contribution in [3.8, 4) is 5.75 Å². The second-order valence-corrected chi connectivity index (χ2v) is 8.17. The van der Waals surface area contributed by atoms with Gasteiger partial charge in [0.2, 0.25) is 0 Å². The normalized spacial score (nSPS) is 11.8. The molecule has 0 aromatic heterocycles. The van der Waals surface area contributed by atoms with Gasteiger partial charge in [-0.1, -0.05) is 30.0 Å². The Kier molecular flexibility index (Phi) is 8.99. The predicted molar refractivity (Wildman–Crippen MR) is 91.8 cm³/mol. The van der Waals surface area contributed by atoms with Gasteiger partial charge in [-0.15, -0.1) is 0 Å². The van der Waals surface area contributed by atoms with Crippen molar-refractivity contribution in [3.63, 3.8) is 0 Å². The zero-order chi connectivity index (χ0) is 19.8. The van der Waals surface area contributed by atoms with Crippen molar-refractivity contribution >= 4 is 42.4 Å². The molecular formula is C16H10N2Na2O7S2. The zero-order valence-electron chi connectivity index (χ0n) is 15.3. The molecule has 0 unspecified atom stereocenters. The summed E-state index contributed by atoms with van der Waals surface area (Å²) in [6, 6.07) is 11.8. The van der Waals surface area contributed by atoms with Gasteiger partial charge in [0.25, 0.3) is 10.1 Å². The molecule has 0 saturated carbocycles. The van der Waals surface area contributed by atoms with Crippen LogP contribution in [0.4, 0.5) is 11.4 Å². The summed E-state index contributed by atoms with van der Waals surface area (Å²) in [6.45, 7) is 0. The van der Waals surface area contributed by atoms with Crippen LogP contribution >= 0.6 is 0 Å². The van der Waals surface area contributed by atoms with Crippen molar-refractivity contribution in [2.45, 2.75) is 9.79 Å². The summed E-state index contributed by atoms with van der Waals surface area (Å²) in [5.41, 5.74) is -0.176.